The first-order valence-corrected chi connectivity index (χ1v) is 6.87. The van der Waals surface area contributed by atoms with Crippen molar-refractivity contribution in [3.63, 3.8) is 0 Å². The summed E-state index contributed by atoms with van der Waals surface area (Å²) in [7, 11) is 0. The van der Waals surface area contributed by atoms with E-state index in [-0.39, 0.29) is 12.0 Å². The number of nitrogen functional groups attached to an aromatic ring is 1. The number of aromatic nitrogens is 3. The largest absolute Gasteiger partial charge is 0.464 e. The predicted molar refractivity (Wildman–Crippen MR) is 71.5 cm³/mol. The number of hydrogen-bond donors (Lipinski definition) is 2. The van der Waals surface area contributed by atoms with Crippen molar-refractivity contribution in [1.82, 2.24) is 15.0 Å². The van der Waals surface area contributed by atoms with Crippen molar-refractivity contribution in [2.75, 3.05) is 35.7 Å². The lowest BCUT2D eigenvalue weighted by Gasteiger charge is -2.06. The van der Waals surface area contributed by atoms with Crippen LogP contribution in [-0.4, -0.2) is 39.6 Å². The summed E-state index contributed by atoms with van der Waals surface area (Å²) in [6.07, 6.45) is 1.06. The van der Waals surface area contributed by atoms with E-state index in [1.165, 1.54) is 0 Å². The van der Waals surface area contributed by atoms with Crippen LogP contribution >= 0.6 is 11.8 Å². The number of nitrogens with two attached hydrogens (primary N) is 1. The summed E-state index contributed by atoms with van der Waals surface area (Å²) >= 11 is 1.92. The number of hydrogen-bond acceptors (Lipinski definition) is 7. The molecule has 0 aliphatic carbocycles. The summed E-state index contributed by atoms with van der Waals surface area (Å²) < 4.78 is 5.19. The Morgan fingerprint density at radius 1 is 1.29 bits per heavy atom. The molecule has 0 aromatic carbocycles. The van der Waals surface area contributed by atoms with Crippen molar-refractivity contribution in [2.24, 2.45) is 0 Å². The molecule has 0 atom stereocenters. The summed E-state index contributed by atoms with van der Waals surface area (Å²) in [6.45, 7) is 5.35. The van der Waals surface area contributed by atoms with Crippen molar-refractivity contribution in [1.29, 1.82) is 0 Å². The van der Waals surface area contributed by atoms with Crippen LogP contribution in [0.3, 0.4) is 0 Å². The minimum Gasteiger partial charge on any atom is -0.464 e. The van der Waals surface area contributed by atoms with Gasteiger partial charge in [0.05, 0.1) is 6.61 Å². The molecular weight excluding hydrogens is 238 g/mol. The smallest absolute Gasteiger partial charge is 0.323 e. The van der Waals surface area contributed by atoms with E-state index in [1.807, 2.05) is 18.7 Å². The highest BCUT2D eigenvalue weighted by Crippen LogP contribution is 2.09. The lowest BCUT2D eigenvalue weighted by Crippen LogP contribution is -2.10. The molecule has 0 saturated heterocycles. The first kappa shape index (κ1) is 13.8. The molecule has 0 aliphatic heterocycles. The van der Waals surface area contributed by atoms with Gasteiger partial charge in [0.2, 0.25) is 11.9 Å². The number of anilines is 2. The maximum atomic E-state index is 5.56. The molecule has 0 radical (unpaired) electrons. The Kier molecular flexibility index (Phi) is 6.46. The van der Waals surface area contributed by atoms with Gasteiger partial charge in [-0.15, -0.1) is 0 Å². The SMILES string of the molecule is CCOc1nc(N)nc(NCCCSCC)n1. The summed E-state index contributed by atoms with van der Waals surface area (Å²) in [4.78, 5) is 12.0. The zero-order chi connectivity index (χ0) is 12.5. The van der Waals surface area contributed by atoms with Gasteiger partial charge in [-0.1, -0.05) is 6.92 Å². The van der Waals surface area contributed by atoms with Crippen LogP contribution in [0.15, 0.2) is 0 Å². The minimum absolute atomic E-state index is 0.175. The third-order valence-corrected chi connectivity index (χ3v) is 2.84. The maximum absolute atomic E-state index is 5.56. The zero-order valence-corrected chi connectivity index (χ0v) is 11.1. The molecule has 96 valence electrons. The Labute approximate surface area is 106 Å². The van der Waals surface area contributed by atoms with E-state index in [4.69, 9.17) is 10.5 Å². The average molecular weight is 257 g/mol. The average Bonchev–Trinajstić information content (AvgIpc) is 2.28. The fourth-order valence-corrected chi connectivity index (χ4v) is 1.80. The third-order valence-electron chi connectivity index (χ3n) is 1.86. The Bertz CT molecular complexity index is 336. The quantitative estimate of drug-likeness (QED) is 0.681. The Morgan fingerprint density at radius 2 is 2.12 bits per heavy atom. The molecular formula is C10H19N5OS. The van der Waals surface area contributed by atoms with Crippen LogP contribution in [0, 0.1) is 0 Å². The standard InChI is InChI=1S/C10H19N5OS/c1-3-16-10-14-8(11)13-9(15-10)12-6-5-7-17-4-2/h3-7H2,1-2H3,(H3,11,12,13,14,15). The second kappa shape index (κ2) is 7.94. The van der Waals surface area contributed by atoms with E-state index in [0.717, 1.165) is 24.5 Å². The molecule has 3 N–H and O–H groups in total. The van der Waals surface area contributed by atoms with Crippen molar-refractivity contribution < 1.29 is 4.74 Å². The van der Waals surface area contributed by atoms with E-state index in [2.05, 4.69) is 27.2 Å². The number of rotatable bonds is 8. The van der Waals surface area contributed by atoms with E-state index in [0.29, 0.717) is 12.6 Å². The maximum Gasteiger partial charge on any atom is 0.323 e. The van der Waals surface area contributed by atoms with Crippen LogP contribution in [-0.2, 0) is 0 Å². The zero-order valence-electron chi connectivity index (χ0n) is 10.3. The van der Waals surface area contributed by atoms with Gasteiger partial charge in [0.25, 0.3) is 0 Å². The highest BCUT2D eigenvalue weighted by atomic mass is 32.2. The molecule has 0 saturated carbocycles. The van der Waals surface area contributed by atoms with Crippen molar-refractivity contribution >= 4 is 23.7 Å². The van der Waals surface area contributed by atoms with Gasteiger partial charge in [-0.2, -0.15) is 26.7 Å². The Balaban J connectivity index is 2.41. The predicted octanol–water partition coefficient (Wildman–Crippen LogP) is 1.41. The lowest BCUT2D eigenvalue weighted by molar-refractivity contribution is 0.312. The van der Waals surface area contributed by atoms with Crippen LogP contribution < -0.4 is 15.8 Å². The van der Waals surface area contributed by atoms with Crippen molar-refractivity contribution in [2.45, 2.75) is 20.3 Å². The van der Waals surface area contributed by atoms with Crippen LogP contribution in [0.1, 0.15) is 20.3 Å². The molecule has 1 rings (SSSR count). The van der Waals surface area contributed by atoms with E-state index in [1.54, 1.807) is 0 Å². The molecule has 6 nitrogen and oxygen atoms in total. The molecule has 0 fully saturated rings. The molecule has 7 heteroatoms. The number of ether oxygens (including phenoxy) is 1. The van der Waals surface area contributed by atoms with Gasteiger partial charge in [-0.25, -0.2) is 0 Å². The topological polar surface area (TPSA) is 86.0 Å². The monoisotopic (exact) mass is 257 g/mol. The van der Waals surface area contributed by atoms with Crippen molar-refractivity contribution in [3.05, 3.63) is 0 Å². The molecule has 0 aliphatic rings. The van der Waals surface area contributed by atoms with Crippen LogP contribution in [0.5, 0.6) is 6.01 Å². The fourth-order valence-electron chi connectivity index (χ4n) is 1.16. The van der Waals surface area contributed by atoms with Crippen molar-refractivity contribution in [3.8, 4) is 6.01 Å². The fraction of sp³-hybridized carbons (Fsp3) is 0.700. The summed E-state index contributed by atoms with van der Waals surface area (Å²) in [6, 6.07) is 0.269. The van der Waals surface area contributed by atoms with Crippen LogP contribution in [0.25, 0.3) is 0 Å². The lowest BCUT2D eigenvalue weighted by atomic mass is 10.5. The normalized spacial score (nSPS) is 10.2. The van der Waals surface area contributed by atoms with Crippen LogP contribution in [0.4, 0.5) is 11.9 Å². The number of nitrogens with one attached hydrogen (secondary N) is 1. The van der Waals surface area contributed by atoms with Gasteiger partial charge >= 0.3 is 6.01 Å². The molecule has 1 heterocycles. The van der Waals surface area contributed by atoms with E-state index >= 15 is 0 Å². The number of thioether (sulfide) groups is 1. The number of nitrogens with zero attached hydrogens (tertiary/aromatic N) is 3. The van der Waals surface area contributed by atoms with Gasteiger partial charge in [-0.3, -0.25) is 0 Å². The molecule has 17 heavy (non-hydrogen) atoms. The highest BCUT2D eigenvalue weighted by molar-refractivity contribution is 7.99. The first-order chi connectivity index (χ1) is 8.26. The third kappa shape index (κ3) is 5.58. The molecule has 1 aromatic heterocycles. The highest BCUT2D eigenvalue weighted by Gasteiger charge is 2.03. The molecule has 0 bridgehead atoms. The second-order valence-electron chi connectivity index (χ2n) is 3.21. The summed E-state index contributed by atoms with van der Waals surface area (Å²) in [5, 5.41) is 3.11. The molecule has 0 spiro atoms. The first-order valence-electron chi connectivity index (χ1n) is 5.72. The van der Waals surface area contributed by atoms with Gasteiger partial charge in [0, 0.05) is 6.54 Å². The van der Waals surface area contributed by atoms with Gasteiger partial charge in [-0.05, 0) is 24.9 Å². The Morgan fingerprint density at radius 3 is 2.82 bits per heavy atom. The minimum atomic E-state index is 0.175. The van der Waals surface area contributed by atoms with E-state index in [9.17, 15) is 0 Å². The second-order valence-corrected chi connectivity index (χ2v) is 4.60. The molecule has 1 aromatic rings. The van der Waals surface area contributed by atoms with Crippen LogP contribution in [0.2, 0.25) is 0 Å². The molecule has 0 amide bonds. The van der Waals surface area contributed by atoms with E-state index < -0.39 is 0 Å². The summed E-state index contributed by atoms with van der Waals surface area (Å²) in [5.41, 5.74) is 5.56. The van der Waals surface area contributed by atoms with Gasteiger partial charge in [0.15, 0.2) is 0 Å². The Hall–Kier alpha value is -1.24. The van der Waals surface area contributed by atoms with Gasteiger partial charge < -0.3 is 15.8 Å². The van der Waals surface area contributed by atoms with Gasteiger partial charge in [0.1, 0.15) is 0 Å². The summed E-state index contributed by atoms with van der Waals surface area (Å²) in [5.74, 6) is 2.92. The molecule has 0 unspecified atom stereocenters.